The van der Waals surface area contributed by atoms with Crippen LogP contribution in [0.5, 0.6) is 17.2 Å². The number of rotatable bonds is 4. The topological polar surface area (TPSA) is 85.9 Å². The molecule has 0 unspecified atom stereocenters. The molecule has 0 radical (unpaired) electrons. The maximum atomic E-state index is 12.1. The molecule has 0 saturated heterocycles. The summed E-state index contributed by atoms with van der Waals surface area (Å²) in [6.45, 7) is 0.0806. The lowest BCUT2D eigenvalue weighted by Gasteiger charge is -2.25. The highest BCUT2D eigenvalue weighted by molar-refractivity contribution is 5.86. The van der Waals surface area contributed by atoms with Gasteiger partial charge in [-0.25, -0.2) is 0 Å². The first-order valence-corrected chi connectivity index (χ1v) is 7.76. The van der Waals surface area contributed by atoms with Gasteiger partial charge in [0.25, 0.3) is 5.91 Å². The zero-order valence-electron chi connectivity index (χ0n) is 13.7. The third-order valence-corrected chi connectivity index (χ3v) is 3.65. The third-order valence-electron chi connectivity index (χ3n) is 3.65. The van der Waals surface area contributed by atoms with Crippen LogP contribution in [0.3, 0.4) is 0 Å². The third kappa shape index (κ3) is 4.20. The molecule has 130 valence electrons. The molecule has 1 aliphatic rings. The lowest BCUT2D eigenvalue weighted by atomic mass is 10.1. The number of methoxy groups -OCH3 is 1. The number of hydrogen-bond donors (Lipinski definition) is 2. The van der Waals surface area contributed by atoms with Gasteiger partial charge in [0, 0.05) is 0 Å². The van der Waals surface area contributed by atoms with E-state index in [4.69, 9.17) is 14.2 Å². The van der Waals surface area contributed by atoms with E-state index in [0.29, 0.717) is 17.2 Å². The first kappa shape index (κ1) is 16.6. The van der Waals surface area contributed by atoms with Crippen LogP contribution >= 0.6 is 0 Å². The Morgan fingerprint density at radius 2 is 1.80 bits per heavy atom. The van der Waals surface area contributed by atoms with Gasteiger partial charge in [-0.1, -0.05) is 24.3 Å². The van der Waals surface area contributed by atoms with Crippen molar-refractivity contribution in [2.24, 2.45) is 0 Å². The number of fused-ring (bicyclic) bond motifs is 1. The van der Waals surface area contributed by atoms with Gasteiger partial charge in [-0.2, -0.15) is 0 Å². The number of hydrazine groups is 1. The lowest BCUT2D eigenvalue weighted by molar-refractivity contribution is -0.134. The van der Waals surface area contributed by atoms with Crippen LogP contribution in [0, 0.1) is 0 Å². The largest absolute Gasteiger partial charge is 0.497 e. The molecule has 7 nitrogen and oxygen atoms in total. The molecule has 2 aromatic carbocycles. The molecule has 0 fully saturated rings. The summed E-state index contributed by atoms with van der Waals surface area (Å²) < 4.78 is 16.1. The van der Waals surface area contributed by atoms with Crippen molar-refractivity contribution in [3.63, 3.8) is 0 Å². The molecule has 0 saturated carbocycles. The highest BCUT2D eigenvalue weighted by Crippen LogP contribution is 2.30. The van der Waals surface area contributed by atoms with Crippen LogP contribution in [0.4, 0.5) is 0 Å². The number of carbonyl (C=O) groups excluding carboxylic acids is 2. The SMILES string of the molecule is COc1ccc(CC(=O)NNC(=O)[C@H]2COc3ccccc3O2)cc1. The molecular formula is C18H18N2O5. The molecule has 0 aliphatic carbocycles. The second-order valence-electron chi connectivity index (χ2n) is 5.43. The highest BCUT2D eigenvalue weighted by Gasteiger charge is 2.27. The van der Waals surface area contributed by atoms with Crippen LogP contribution in [0.25, 0.3) is 0 Å². The minimum Gasteiger partial charge on any atom is -0.497 e. The van der Waals surface area contributed by atoms with Crippen LogP contribution in [-0.2, 0) is 16.0 Å². The summed E-state index contributed by atoms with van der Waals surface area (Å²) in [6.07, 6.45) is -0.689. The first-order chi connectivity index (χ1) is 12.2. The average Bonchev–Trinajstić information content (AvgIpc) is 2.66. The highest BCUT2D eigenvalue weighted by atomic mass is 16.6. The Bertz CT molecular complexity index is 760. The van der Waals surface area contributed by atoms with Gasteiger partial charge in [-0.05, 0) is 29.8 Å². The van der Waals surface area contributed by atoms with Crippen molar-refractivity contribution in [1.82, 2.24) is 10.9 Å². The molecule has 0 spiro atoms. The second kappa shape index (κ2) is 7.57. The van der Waals surface area contributed by atoms with Crippen LogP contribution in [0.15, 0.2) is 48.5 Å². The van der Waals surface area contributed by atoms with Crippen molar-refractivity contribution in [2.75, 3.05) is 13.7 Å². The molecule has 2 aromatic rings. The van der Waals surface area contributed by atoms with E-state index < -0.39 is 12.0 Å². The summed E-state index contributed by atoms with van der Waals surface area (Å²) in [6, 6.07) is 14.2. The van der Waals surface area contributed by atoms with Gasteiger partial charge in [0.2, 0.25) is 12.0 Å². The van der Waals surface area contributed by atoms with E-state index in [1.165, 1.54) is 0 Å². The number of nitrogens with one attached hydrogen (secondary N) is 2. The summed E-state index contributed by atoms with van der Waals surface area (Å²) >= 11 is 0. The quantitative estimate of drug-likeness (QED) is 0.816. The van der Waals surface area contributed by atoms with E-state index in [9.17, 15) is 9.59 Å². The van der Waals surface area contributed by atoms with Gasteiger partial charge in [-0.3, -0.25) is 20.4 Å². The van der Waals surface area contributed by atoms with E-state index in [2.05, 4.69) is 10.9 Å². The summed E-state index contributed by atoms with van der Waals surface area (Å²) in [5.74, 6) is 0.994. The Hall–Kier alpha value is -3.22. The Morgan fingerprint density at radius 1 is 1.08 bits per heavy atom. The molecule has 0 aromatic heterocycles. The average molecular weight is 342 g/mol. The predicted octanol–water partition coefficient (Wildman–Crippen LogP) is 1.23. The normalized spacial score (nSPS) is 15.2. The number of hydrogen-bond acceptors (Lipinski definition) is 5. The van der Waals surface area contributed by atoms with Crippen molar-refractivity contribution in [3.8, 4) is 17.2 Å². The fraction of sp³-hybridized carbons (Fsp3) is 0.222. The van der Waals surface area contributed by atoms with E-state index in [1.54, 1.807) is 49.6 Å². The Balaban J connectivity index is 1.48. The summed E-state index contributed by atoms with van der Waals surface area (Å²) in [5, 5.41) is 0. The number of ether oxygens (including phenoxy) is 3. The summed E-state index contributed by atoms with van der Waals surface area (Å²) in [5.41, 5.74) is 5.54. The van der Waals surface area contributed by atoms with Crippen molar-refractivity contribution in [3.05, 3.63) is 54.1 Å². The molecule has 7 heteroatoms. The van der Waals surface area contributed by atoms with Crippen molar-refractivity contribution in [1.29, 1.82) is 0 Å². The minimum atomic E-state index is -0.823. The molecule has 3 rings (SSSR count). The van der Waals surface area contributed by atoms with E-state index in [-0.39, 0.29) is 18.9 Å². The van der Waals surface area contributed by atoms with Gasteiger partial charge in [0.05, 0.1) is 13.5 Å². The molecule has 2 N–H and O–H groups in total. The van der Waals surface area contributed by atoms with Gasteiger partial charge >= 0.3 is 0 Å². The minimum absolute atomic E-state index is 0.0806. The molecular weight excluding hydrogens is 324 g/mol. The number of carbonyl (C=O) groups is 2. The van der Waals surface area contributed by atoms with Crippen molar-refractivity contribution in [2.45, 2.75) is 12.5 Å². The maximum absolute atomic E-state index is 12.1. The van der Waals surface area contributed by atoms with E-state index in [1.807, 2.05) is 6.07 Å². The molecule has 1 atom stereocenters. The summed E-state index contributed by atoms with van der Waals surface area (Å²) in [4.78, 5) is 24.0. The molecule has 25 heavy (non-hydrogen) atoms. The van der Waals surface area contributed by atoms with Crippen molar-refractivity contribution < 1.29 is 23.8 Å². The molecule has 2 amide bonds. The first-order valence-electron chi connectivity index (χ1n) is 7.76. The number of amides is 2. The zero-order chi connectivity index (χ0) is 17.6. The Kier molecular flexibility index (Phi) is 5.03. The summed E-state index contributed by atoms with van der Waals surface area (Å²) in [7, 11) is 1.58. The molecule has 1 heterocycles. The Morgan fingerprint density at radius 3 is 2.52 bits per heavy atom. The fourth-order valence-electron chi connectivity index (χ4n) is 2.33. The van der Waals surface area contributed by atoms with Crippen LogP contribution < -0.4 is 25.1 Å². The molecule has 1 aliphatic heterocycles. The van der Waals surface area contributed by atoms with Gasteiger partial charge in [0.1, 0.15) is 12.4 Å². The monoisotopic (exact) mass is 342 g/mol. The van der Waals surface area contributed by atoms with Crippen LogP contribution in [0.2, 0.25) is 0 Å². The standard InChI is InChI=1S/C18H18N2O5/c1-23-13-8-6-12(7-9-13)10-17(21)19-20-18(22)16-11-24-14-4-2-3-5-15(14)25-16/h2-9,16H,10-11H2,1H3,(H,19,21)(H,20,22)/t16-/m1/s1. The van der Waals surface area contributed by atoms with Crippen LogP contribution in [0.1, 0.15) is 5.56 Å². The van der Waals surface area contributed by atoms with E-state index >= 15 is 0 Å². The van der Waals surface area contributed by atoms with Gasteiger partial charge < -0.3 is 14.2 Å². The predicted molar refractivity (Wildman–Crippen MR) is 89.3 cm³/mol. The maximum Gasteiger partial charge on any atom is 0.283 e. The fourth-order valence-corrected chi connectivity index (χ4v) is 2.33. The second-order valence-corrected chi connectivity index (χ2v) is 5.43. The van der Waals surface area contributed by atoms with Gasteiger partial charge in [-0.15, -0.1) is 0 Å². The number of benzene rings is 2. The lowest BCUT2D eigenvalue weighted by Crippen LogP contribution is -2.51. The number of para-hydroxylation sites is 2. The van der Waals surface area contributed by atoms with Gasteiger partial charge in [0.15, 0.2) is 11.5 Å². The van der Waals surface area contributed by atoms with Crippen LogP contribution in [-0.4, -0.2) is 31.6 Å². The smallest absolute Gasteiger partial charge is 0.283 e. The van der Waals surface area contributed by atoms with E-state index in [0.717, 1.165) is 5.56 Å². The Labute approximate surface area is 144 Å². The molecule has 0 bridgehead atoms. The zero-order valence-corrected chi connectivity index (χ0v) is 13.7. The van der Waals surface area contributed by atoms with Crippen molar-refractivity contribution >= 4 is 11.8 Å².